The van der Waals surface area contributed by atoms with E-state index >= 15 is 0 Å². The fourth-order valence-electron chi connectivity index (χ4n) is 1.38. The van der Waals surface area contributed by atoms with E-state index in [1.807, 2.05) is 0 Å². The van der Waals surface area contributed by atoms with E-state index in [2.05, 4.69) is 13.8 Å². The quantitative estimate of drug-likeness (QED) is 0.266. The Morgan fingerprint density at radius 1 is 0.647 bits per heavy atom. The van der Waals surface area contributed by atoms with Gasteiger partial charge in [-0.15, -0.1) is 0 Å². The van der Waals surface area contributed by atoms with Crippen LogP contribution < -0.4 is 0 Å². The molecule has 0 saturated carbocycles. The summed E-state index contributed by atoms with van der Waals surface area (Å²) in [5, 5.41) is 0. The minimum Gasteiger partial charge on any atom is -0.518 e. The summed E-state index contributed by atoms with van der Waals surface area (Å²) in [5.74, 6) is 0. The molecule has 0 N–H and O–H groups in total. The Morgan fingerprint density at radius 3 is 1.24 bits per heavy atom. The minimum atomic E-state index is 0. The second-order valence-electron chi connectivity index (χ2n) is 4.17. The number of hydrogen-bond acceptors (Lipinski definition) is 0. The molecule has 0 bridgehead atoms. The molecule has 0 aliphatic rings. The number of unbranched alkanes of at least 4 members (excludes halogenated alkanes) is 8. The van der Waals surface area contributed by atoms with Crippen molar-refractivity contribution in [2.75, 3.05) is 0 Å². The average Bonchev–Trinajstić information content (AvgIpc) is 2.31. The van der Waals surface area contributed by atoms with Crippen molar-refractivity contribution in [3.63, 3.8) is 0 Å². The van der Waals surface area contributed by atoms with Gasteiger partial charge in [0.05, 0.1) is 0 Å². The first kappa shape index (κ1) is 22.2. The third-order valence-electron chi connectivity index (χ3n) is 2.45. The summed E-state index contributed by atoms with van der Waals surface area (Å²) in [6, 6.07) is 0. The molecule has 0 aromatic rings. The molecule has 0 aliphatic carbocycles. The molecule has 104 valence electrons. The average molecular weight is 281 g/mol. The molecule has 0 aromatic heterocycles. The van der Waals surface area contributed by atoms with Crippen LogP contribution in [-0.4, -0.2) is 0 Å². The maximum atomic E-state index is 5.19. The summed E-state index contributed by atoms with van der Waals surface area (Å²) in [5.41, 5.74) is 0. The van der Waals surface area contributed by atoms with Crippen LogP contribution in [0.25, 0.3) is 0 Å². The van der Waals surface area contributed by atoms with Crippen molar-refractivity contribution in [2.24, 2.45) is 0 Å². The molecule has 0 fully saturated rings. The van der Waals surface area contributed by atoms with Gasteiger partial charge in [-0.2, -0.15) is 0 Å². The molecule has 0 unspecified atom stereocenters. The normalized spacial score (nSPS) is 8.59. The summed E-state index contributed by atoms with van der Waals surface area (Å²) in [6.07, 6.45) is 16.2. The maximum absolute atomic E-state index is 5.19. The molecule has 0 saturated heterocycles. The predicted molar refractivity (Wildman–Crippen MR) is 75.3 cm³/mol. The standard InChI is InChI=1S/2C8H15.Ni/c2*1-3-5-7-8-6-4-2;/h2*1,3H,4-8H2,2H3;/q2*-1;+2. The van der Waals surface area contributed by atoms with E-state index in [0.29, 0.717) is 0 Å². The Hall–Kier alpha value is -0.0265. The van der Waals surface area contributed by atoms with Crippen LogP contribution in [-0.2, 0) is 16.5 Å². The summed E-state index contributed by atoms with van der Waals surface area (Å²) < 4.78 is 0. The molecular weight excluding hydrogens is 251 g/mol. The van der Waals surface area contributed by atoms with Crippen molar-refractivity contribution < 1.29 is 16.5 Å². The third-order valence-corrected chi connectivity index (χ3v) is 2.45. The first-order valence-electron chi connectivity index (χ1n) is 6.90. The monoisotopic (exact) mass is 280 g/mol. The van der Waals surface area contributed by atoms with Gasteiger partial charge in [0.25, 0.3) is 0 Å². The van der Waals surface area contributed by atoms with Gasteiger partial charge in [-0.05, 0) is 0 Å². The molecule has 0 radical (unpaired) electrons. The van der Waals surface area contributed by atoms with Crippen LogP contribution in [0.2, 0.25) is 0 Å². The Kier molecular flexibility index (Phi) is 32.6. The van der Waals surface area contributed by atoms with E-state index < -0.39 is 0 Å². The molecule has 0 nitrogen and oxygen atoms in total. The largest absolute Gasteiger partial charge is 2.00 e. The van der Waals surface area contributed by atoms with Gasteiger partial charge in [0, 0.05) is 0 Å². The van der Waals surface area contributed by atoms with Crippen molar-refractivity contribution in [3.8, 4) is 0 Å². The van der Waals surface area contributed by atoms with E-state index in [-0.39, 0.29) is 16.5 Å². The molecular formula is C16H30Ni. The van der Waals surface area contributed by atoms with Crippen LogP contribution in [0.1, 0.15) is 78.1 Å². The second kappa shape index (κ2) is 25.0. The van der Waals surface area contributed by atoms with Crippen LogP contribution in [0.5, 0.6) is 0 Å². The molecule has 0 atom stereocenters. The van der Waals surface area contributed by atoms with Gasteiger partial charge in [0.1, 0.15) is 0 Å². The predicted octanol–water partition coefficient (Wildman–Crippen LogP) is 5.89. The van der Waals surface area contributed by atoms with Crippen molar-refractivity contribution in [1.82, 2.24) is 0 Å². The molecule has 0 amide bonds. The summed E-state index contributed by atoms with van der Waals surface area (Å²) in [7, 11) is 0. The zero-order valence-electron chi connectivity index (χ0n) is 11.7. The second-order valence-corrected chi connectivity index (χ2v) is 4.17. The first-order valence-corrected chi connectivity index (χ1v) is 6.90. The van der Waals surface area contributed by atoms with Crippen molar-refractivity contribution in [1.29, 1.82) is 0 Å². The van der Waals surface area contributed by atoms with E-state index in [9.17, 15) is 0 Å². The molecule has 1 heteroatoms. The van der Waals surface area contributed by atoms with E-state index in [0.717, 1.165) is 12.8 Å². The molecule has 0 aliphatic heterocycles. The van der Waals surface area contributed by atoms with Gasteiger partial charge in [-0.3, -0.25) is 12.2 Å². The Morgan fingerprint density at radius 2 is 1.00 bits per heavy atom. The van der Waals surface area contributed by atoms with Crippen LogP contribution in [0.3, 0.4) is 0 Å². The van der Waals surface area contributed by atoms with Gasteiger partial charge in [0.2, 0.25) is 0 Å². The maximum Gasteiger partial charge on any atom is 2.00 e. The summed E-state index contributed by atoms with van der Waals surface area (Å²) in [6.45, 7) is 14.8. The number of rotatable bonds is 10. The summed E-state index contributed by atoms with van der Waals surface area (Å²) in [4.78, 5) is 0. The third kappa shape index (κ3) is 31.4. The molecule has 0 rings (SSSR count). The topological polar surface area (TPSA) is 0 Å². The van der Waals surface area contributed by atoms with Crippen LogP contribution >= 0.6 is 0 Å². The molecule has 0 aromatic carbocycles. The Balaban J connectivity index is -0.000000218. The fraction of sp³-hybridized carbons (Fsp3) is 0.750. The van der Waals surface area contributed by atoms with Crippen LogP contribution in [0.15, 0.2) is 12.2 Å². The molecule has 0 heterocycles. The van der Waals surface area contributed by atoms with Crippen LogP contribution in [0.4, 0.5) is 0 Å². The van der Waals surface area contributed by atoms with Crippen molar-refractivity contribution >= 4 is 0 Å². The SMILES string of the molecule is [CH-]=CCCCCCC.[CH-]=CCCCCCC.[Ni+2]. The Bertz CT molecular complexity index is 113. The van der Waals surface area contributed by atoms with E-state index in [1.54, 1.807) is 12.2 Å². The summed E-state index contributed by atoms with van der Waals surface area (Å²) >= 11 is 0. The van der Waals surface area contributed by atoms with Crippen molar-refractivity contribution in [2.45, 2.75) is 78.1 Å². The van der Waals surface area contributed by atoms with Crippen molar-refractivity contribution in [3.05, 3.63) is 25.3 Å². The van der Waals surface area contributed by atoms with Gasteiger partial charge in [-0.25, -0.2) is 0 Å². The van der Waals surface area contributed by atoms with Crippen LogP contribution in [0, 0.1) is 13.2 Å². The zero-order valence-corrected chi connectivity index (χ0v) is 12.7. The van der Waals surface area contributed by atoms with E-state index in [4.69, 9.17) is 13.2 Å². The molecule has 17 heavy (non-hydrogen) atoms. The van der Waals surface area contributed by atoms with Gasteiger partial charge >= 0.3 is 16.5 Å². The number of hydrogen-bond donors (Lipinski definition) is 0. The smallest absolute Gasteiger partial charge is 0.518 e. The fourth-order valence-corrected chi connectivity index (χ4v) is 1.38. The van der Waals surface area contributed by atoms with Gasteiger partial charge in [-0.1, -0.05) is 78.1 Å². The van der Waals surface area contributed by atoms with Gasteiger partial charge < -0.3 is 13.2 Å². The van der Waals surface area contributed by atoms with Gasteiger partial charge in [0.15, 0.2) is 0 Å². The first-order chi connectivity index (χ1) is 7.83. The zero-order chi connectivity index (χ0) is 12.5. The molecule has 0 spiro atoms. The van der Waals surface area contributed by atoms with E-state index in [1.165, 1.54) is 51.4 Å². The Labute approximate surface area is 120 Å². The minimum absolute atomic E-state index is 0. The number of allylic oxidation sites excluding steroid dienone is 2.